The molecule has 0 heterocycles. The lowest BCUT2D eigenvalue weighted by molar-refractivity contribution is -0.118. The van der Waals surface area contributed by atoms with Crippen molar-refractivity contribution >= 4 is 5.78 Å². The number of Topliss-reactive ketones (excluding diaryl/α,β-unsaturated/α-hetero) is 1. The van der Waals surface area contributed by atoms with Crippen LogP contribution in [0.2, 0.25) is 0 Å². The summed E-state index contributed by atoms with van der Waals surface area (Å²) in [5, 5.41) is 0. The Morgan fingerprint density at radius 1 is 1.73 bits per heavy atom. The van der Waals surface area contributed by atoms with Gasteiger partial charge in [0.2, 0.25) is 0 Å². The molecular weight excluding hydrogens is 136 g/mol. The minimum atomic E-state index is 0.302. The van der Waals surface area contributed by atoms with Gasteiger partial charge in [0.1, 0.15) is 5.78 Å². The molecule has 0 radical (unpaired) electrons. The highest BCUT2D eigenvalue weighted by atomic mass is 16.1. The van der Waals surface area contributed by atoms with Gasteiger partial charge in [0.25, 0.3) is 0 Å². The standard InChI is InChI=1S/C10H14O/c1-8(11)6-10-4-2-9(7-10)3-5-10/h2,4,9H,3,5-7H2,1H3. The second kappa shape index (κ2) is 2.20. The van der Waals surface area contributed by atoms with Crippen molar-refractivity contribution in [3.63, 3.8) is 0 Å². The van der Waals surface area contributed by atoms with E-state index < -0.39 is 0 Å². The van der Waals surface area contributed by atoms with Crippen molar-refractivity contribution in [2.45, 2.75) is 32.6 Å². The summed E-state index contributed by atoms with van der Waals surface area (Å²) in [6.07, 6.45) is 9.15. The summed E-state index contributed by atoms with van der Waals surface area (Å²) in [4.78, 5) is 10.9. The van der Waals surface area contributed by atoms with Crippen LogP contribution in [0.5, 0.6) is 0 Å². The fourth-order valence-electron chi connectivity index (χ4n) is 2.57. The molecule has 2 aliphatic rings. The summed E-state index contributed by atoms with van der Waals surface area (Å²) in [6.45, 7) is 1.70. The van der Waals surface area contributed by atoms with E-state index in [1.54, 1.807) is 6.92 Å². The van der Waals surface area contributed by atoms with Crippen molar-refractivity contribution in [3.05, 3.63) is 12.2 Å². The third kappa shape index (κ3) is 1.13. The molecule has 1 fully saturated rings. The van der Waals surface area contributed by atoms with Gasteiger partial charge in [-0.25, -0.2) is 0 Å². The van der Waals surface area contributed by atoms with Crippen molar-refractivity contribution in [1.29, 1.82) is 0 Å². The maximum Gasteiger partial charge on any atom is 0.130 e. The van der Waals surface area contributed by atoms with Gasteiger partial charge in [-0.05, 0) is 37.5 Å². The van der Waals surface area contributed by atoms with Gasteiger partial charge in [-0.2, -0.15) is 0 Å². The Kier molecular flexibility index (Phi) is 1.41. The molecule has 11 heavy (non-hydrogen) atoms. The Hall–Kier alpha value is -0.590. The molecule has 0 spiro atoms. The van der Waals surface area contributed by atoms with Gasteiger partial charge in [0, 0.05) is 6.42 Å². The zero-order valence-electron chi connectivity index (χ0n) is 6.97. The number of carbonyl (C=O) groups is 1. The second-order valence-electron chi connectivity index (χ2n) is 4.10. The average Bonchev–Trinajstić information content (AvgIpc) is 2.43. The van der Waals surface area contributed by atoms with Gasteiger partial charge in [-0.15, -0.1) is 0 Å². The molecule has 0 aromatic heterocycles. The minimum Gasteiger partial charge on any atom is -0.300 e. The number of ketones is 1. The van der Waals surface area contributed by atoms with Gasteiger partial charge in [0.15, 0.2) is 0 Å². The minimum absolute atomic E-state index is 0.302. The van der Waals surface area contributed by atoms with Gasteiger partial charge < -0.3 is 0 Å². The molecule has 0 N–H and O–H groups in total. The first-order chi connectivity index (χ1) is 5.20. The van der Waals surface area contributed by atoms with E-state index in [0.29, 0.717) is 11.2 Å². The van der Waals surface area contributed by atoms with Crippen molar-refractivity contribution in [1.82, 2.24) is 0 Å². The van der Waals surface area contributed by atoms with E-state index in [0.717, 1.165) is 12.3 Å². The van der Waals surface area contributed by atoms with E-state index >= 15 is 0 Å². The normalized spacial score (nSPS) is 39.9. The van der Waals surface area contributed by atoms with E-state index in [-0.39, 0.29) is 0 Å². The Morgan fingerprint density at radius 3 is 2.91 bits per heavy atom. The SMILES string of the molecule is CC(=O)CC12C=CC(CC1)C2. The monoisotopic (exact) mass is 150 g/mol. The van der Waals surface area contributed by atoms with E-state index in [1.165, 1.54) is 19.3 Å². The van der Waals surface area contributed by atoms with E-state index in [2.05, 4.69) is 12.2 Å². The molecule has 1 nitrogen and oxygen atoms in total. The number of hydrogen-bond acceptors (Lipinski definition) is 1. The fourth-order valence-corrected chi connectivity index (χ4v) is 2.57. The molecule has 0 amide bonds. The number of hydrogen-bond donors (Lipinski definition) is 0. The first kappa shape index (κ1) is 7.08. The highest BCUT2D eigenvalue weighted by Crippen LogP contribution is 2.51. The molecule has 2 rings (SSSR count). The van der Waals surface area contributed by atoms with Crippen LogP contribution < -0.4 is 0 Å². The van der Waals surface area contributed by atoms with Crippen molar-refractivity contribution in [2.75, 3.05) is 0 Å². The molecule has 2 atom stereocenters. The van der Waals surface area contributed by atoms with Crippen LogP contribution in [0.3, 0.4) is 0 Å². The van der Waals surface area contributed by atoms with Crippen molar-refractivity contribution < 1.29 is 4.79 Å². The number of allylic oxidation sites excluding steroid dienone is 2. The molecule has 2 unspecified atom stereocenters. The molecule has 0 saturated heterocycles. The summed E-state index contributed by atoms with van der Waals surface area (Å²) in [5.41, 5.74) is 0.302. The van der Waals surface area contributed by atoms with E-state index in [9.17, 15) is 4.79 Å². The highest BCUT2D eigenvalue weighted by Gasteiger charge is 2.40. The van der Waals surface area contributed by atoms with Gasteiger partial charge in [-0.3, -0.25) is 4.79 Å². The topological polar surface area (TPSA) is 17.1 Å². The molecule has 60 valence electrons. The molecule has 2 bridgehead atoms. The van der Waals surface area contributed by atoms with Gasteiger partial charge in [-0.1, -0.05) is 12.2 Å². The third-order valence-corrected chi connectivity index (χ3v) is 3.00. The van der Waals surface area contributed by atoms with Crippen LogP contribution in [0.25, 0.3) is 0 Å². The van der Waals surface area contributed by atoms with Gasteiger partial charge in [0.05, 0.1) is 0 Å². The largest absolute Gasteiger partial charge is 0.300 e. The van der Waals surface area contributed by atoms with Crippen molar-refractivity contribution in [3.8, 4) is 0 Å². The van der Waals surface area contributed by atoms with Crippen LogP contribution in [0, 0.1) is 11.3 Å². The smallest absolute Gasteiger partial charge is 0.130 e. The Labute approximate surface area is 67.5 Å². The Balaban J connectivity index is 2.11. The molecule has 2 aliphatic carbocycles. The predicted octanol–water partition coefficient (Wildman–Crippen LogP) is 2.32. The van der Waals surface area contributed by atoms with Crippen molar-refractivity contribution in [2.24, 2.45) is 11.3 Å². The quantitative estimate of drug-likeness (QED) is 0.552. The molecule has 0 aromatic carbocycles. The highest BCUT2D eigenvalue weighted by molar-refractivity contribution is 5.76. The lowest BCUT2D eigenvalue weighted by Gasteiger charge is -2.21. The summed E-state index contributed by atoms with van der Waals surface area (Å²) in [5.74, 6) is 1.14. The summed E-state index contributed by atoms with van der Waals surface area (Å²) < 4.78 is 0. The molecule has 0 aromatic rings. The summed E-state index contributed by atoms with van der Waals surface area (Å²) in [6, 6.07) is 0. The van der Waals surface area contributed by atoms with Crippen LogP contribution in [0.15, 0.2) is 12.2 Å². The van der Waals surface area contributed by atoms with Crippen LogP contribution >= 0.6 is 0 Å². The maximum atomic E-state index is 10.9. The molecule has 1 saturated carbocycles. The fraction of sp³-hybridized carbons (Fsp3) is 0.700. The first-order valence-electron chi connectivity index (χ1n) is 4.39. The first-order valence-corrected chi connectivity index (χ1v) is 4.39. The van der Waals surface area contributed by atoms with Crippen LogP contribution in [-0.4, -0.2) is 5.78 Å². The summed E-state index contributed by atoms with van der Waals surface area (Å²) in [7, 11) is 0. The molecular formula is C10H14O. The van der Waals surface area contributed by atoms with Crippen LogP contribution in [0.4, 0.5) is 0 Å². The Bertz CT molecular complexity index is 217. The lowest BCUT2D eigenvalue weighted by Crippen LogP contribution is -2.15. The number of rotatable bonds is 2. The molecule has 0 aliphatic heterocycles. The summed E-state index contributed by atoms with van der Waals surface area (Å²) >= 11 is 0. The number of carbonyl (C=O) groups excluding carboxylic acids is 1. The Morgan fingerprint density at radius 2 is 2.55 bits per heavy atom. The zero-order chi connectivity index (χ0) is 7.90. The average molecular weight is 150 g/mol. The van der Waals surface area contributed by atoms with Gasteiger partial charge >= 0.3 is 0 Å². The van der Waals surface area contributed by atoms with E-state index in [4.69, 9.17) is 0 Å². The predicted molar refractivity (Wildman–Crippen MR) is 44.2 cm³/mol. The molecule has 1 heteroatoms. The van der Waals surface area contributed by atoms with E-state index in [1.807, 2.05) is 0 Å². The zero-order valence-corrected chi connectivity index (χ0v) is 6.97. The second-order valence-corrected chi connectivity index (χ2v) is 4.10. The number of fused-ring (bicyclic) bond motifs is 2. The van der Waals surface area contributed by atoms with Crippen LogP contribution in [0.1, 0.15) is 32.6 Å². The lowest BCUT2D eigenvalue weighted by atomic mass is 9.83. The van der Waals surface area contributed by atoms with Crippen LogP contribution in [-0.2, 0) is 4.79 Å². The third-order valence-electron chi connectivity index (χ3n) is 3.00. The maximum absolute atomic E-state index is 10.9.